The monoisotopic (exact) mass is 277 g/mol. The van der Waals surface area contributed by atoms with Crippen molar-refractivity contribution in [1.82, 2.24) is 10.3 Å². The van der Waals surface area contributed by atoms with Crippen molar-refractivity contribution >= 4 is 12.1 Å². The standard InChI is InChI=1S/C14H19N3O3/c1-11-3-2-4-12(14(11)19)9-15-16-13(18)10-17-5-7-20-8-6-17/h2-4,9,19H,5-8,10H2,1H3,(H,16,18)/b15-9-. The fourth-order valence-corrected chi connectivity index (χ4v) is 1.96. The van der Waals surface area contributed by atoms with E-state index in [1.54, 1.807) is 6.07 Å². The molecule has 0 atom stereocenters. The Labute approximate surface area is 118 Å². The van der Waals surface area contributed by atoms with Gasteiger partial charge in [-0.05, 0) is 18.6 Å². The number of rotatable bonds is 4. The lowest BCUT2D eigenvalue weighted by Crippen LogP contribution is -2.42. The first-order valence-electron chi connectivity index (χ1n) is 6.57. The van der Waals surface area contributed by atoms with E-state index in [9.17, 15) is 9.90 Å². The summed E-state index contributed by atoms with van der Waals surface area (Å²) < 4.78 is 5.21. The predicted octanol–water partition coefficient (Wildman–Crippen LogP) is 0.483. The van der Waals surface area contributed by atoms with Gasteiger partial charge in [0.15, 0.2) is 0 Å². The van der Waals surface area contributed by atoms with E-state index in [0.717, 1.165) is 18.7 Å². The van der Waals surface area contributed by atoms with Gasteiger partial charge in [-0.2, -0.15) is 5.10 Å². The Morgan fingerprint density at radius 2 is 2.25 bits per heavy atom. The Balaban J connectivity index is 1.83. The molecule has 1 aliphatic heterocycles. The number of nitrogens with zero attached hydrogens (tertiary/aromatic N) is 2. The number of hydrogen-bond donors (Lipinski definition) is 2. The van der Waals surface area contributed by atoms with E-state index in [0.29, 0.717) is 25.3 Å². The number of phenols is 1. The minimum absolute atomic E-state index is 0.171. The van der Waals surface area contributed by atoms with Crippen molar-refractivity contribution in [1.29, 1.82) is 0 Å². The van der Waals surface area contributed by atoms with E-state index < -0.39 is 0 Å². The molecule has 0 bridgehead atoms. The maximum absolute atomic E-state index is 11.7. The zero-order valence-electron chi connectivity index (χ0n) is 11.5. The number of hydrogen-bond acceptors (Lipinski definition) is 5. The van der Waals surface area contributed by atoms with Crippen molar-refractivity contribution in [2.24, 2.45) is 5.10 Å². The van der Waals surface area contributed by atoms with Gasteiger partial charge >= 0.3 is 0 Å². The smallest absolute Gasteiger partial charge is 0.254 e. The van der Waals surface area contributed by atoms with Crippen molar-refractivity contribution in [2.45, 2.75) is 6.92 Å². The number of aryl methyl sites for hydroxylation is 1. The third-order valence-electron chi connectivity index (χ3n) is 3.13. The second-order valence-electron chi connectivity index (χ2n) is 4.69. The molecular formula is C14H19N3O3. The molecule has 0 saturated carbocycles. The SMILES string of the molecule is Cc1cccc(/C=N\NC(=O)CN2CCOCC2)c1O. The van der Waals surface area contributed by atoms with Crippen LogP contribution in [0.25, 0.3) is 0 Å². The molecule has 0 radical (unpaired) electrons. The molecule has 6 nitrogen and oxygen atoms in total. The molecule has 2 rings (SSSR count). The van der Waals surface area contributed by atoms with Gasteiger partial charge in [-0.3, -0.25) is 9.69 Å². The summed E-state index contributed by atoms with van der Waals surface area (Å²) in [6.45, 7) is 4.96. The average molecular weight is 277 g/mol. The van der Waals surface area contributed by atoms with Gasteiger partial charge in [0.25, 0.3) is 5.91 Å². The van der Waals surface area contributed by atoms with Crippen LogP contribution < -0.4 is 5.43 Å². The number of benzene rings is 1. The molecule has 1 amide bonds. The molecule has 1 aromatic rings. The first-order chi connectivity index (χ1) is 9.66. The summed E-state index contributed by atoms with van der Waals surface area (Å²) >= 11 is 0. The Kier molecular flexibility index (Phi) is 5.09. The molecule has 0 aliphatic carbocycles. The van der Waals surface area contributed by atoms with Crippen molar-refractivity contribution in [3.63, 3.8) is 0 Å². The summed E-state index contributed by atoms with van der Waals surface area (Å²) in [7, 11) is 0. The lowest BCUT2D eigenvalue weighted by Gasteiger charge is -2.25. The van der Waals surface area contributed by atoms with Crippen molar-refractivity contribution in [3.8, 4) is 5.75 Å². The number of hydrazone groups is 1. The maximum atomic E-state index is 11.7. The molecule has 1 aliphatic rings. The molecule has 1 saturated heterocycles. The number of nitrogens with one attached hydrogen (secondary N) is 1. The topological polar surface area (TPSA) is 74.2 Å². The van der Waals surface area contributed by atoms with Crippen molar-refractivity contribution < 1.29 is 14.6 Å². The number of ether oxygens (including phenoxy) is 1. The third-order valence-corrected chi connectivity index (χ3v) is 3.13. The number of amides is 1. The summed E-state index contributed by atoms with van der Waals surface area (Å²) in [6.07, 6.45) is 1.44. The van der Waals surface area contributed by atoms with Crippen LogP contribution >= 0.6 is 0 Å². The number of morpholine rings is 1. The van der Waals surface area contributed by atoms with Gasteiger partial charge in [-0.1, -0.05) is 12.1 Å². The molecule has 2 N–H and O–H groups in total. The minimum Gasteiger partial charge on any atom is -0.507 e. The van der Waals surface area contributed by atoms with Crippen molar-refractivity contribution in [3.05, 3.63) is 29.3 Å². The third kappa shape index (κ3) is 4.04. The zero-order valence-corrected chi connectivity index (χ0v) is 11.5. The quantitative estimate of drug-likeness (QED) is 0.620. The Morgan fingerprint density at radius 3 is 3.00 bits per heavy atom. The maximum Gasteiger partial charge on any atom is 0.254 e. The number of para-hydroxylation sites is 1. The highest BCUT2D eigenvalue weighted by molar-refractivity contribution is 5.85. The average Bonchev–Trinajstić information content (AvgIpc) is 2.44. The van der Waals surface area contributed by atoms with Crippen LogP contribution in [0.1, 0.15) is 11.1 Å². The first kappa shape index (κ1) is 14.5. The van der Waals surface area contributed by atoms with Crippen LogP contribution in [0.5, 0.6) is 5.75 Å². The van der Waals surface area contributed by atoms with Gasteiger partial charge in [0.2, 0.25) is 0 Å². The normalized spacial score (nSPS) is 16.4. The zero-order chi connectivity index (χ0) is 14.4. The van der Waals surface area contributed by atoms with Gasteiger partial charge in [0.05, 0.1) is 26.0 Å². The summed E-state index contributed by atoms with van der Waals surface area (Å²) in [5, 5.41) is 13.7. The summed E-state index contributed by atoms with van der Waals surface area (Å²) in [5.41, 5.74) is 3.81. The van der Waals surface area contributed by atoms with E-state index in [2.05, 4.69) is 10.5 Å². The van der Waals surface area contributed by atoms with Gasteiger partial charge in [-0.25, -0.2) is 5.43 Å². The van der Waals surface area contributed by atoms with E-state index in [4.69, 9.17) is 4.74 Å². The molecule has 1 aromatic carbocycles. The summed E-state index contributed by atoms with van der Waals surface area (Å²) in [4.78, 5) is 13.7. The molecule has 1 fully saturated rings. The highest BCUT2D eigenvalue weighted by Crippen LogP contribution is 2.19. The van der Waals surface area contributed by atoms with Crippen molar-refractivity contribution in [2.75, 3.05) is 32.8 Å². The van der Waals surface area contributed by atoms with Crippen LogP contribution in [0.3, 0.4) is 0 Å². The van der Waals surface area contributed by atoms with E-state index in [1.807, 2.05) is 24.0 Å². The van der Waals surface area contributed by atoms with E-state index >= 15 is 0 Å². The van der Waals surface area contributed by atoms with Crippen LogP contribution in [0.2, 0.25) is 0 Å². The van der Waals surface area contributed by atoms with Crippen LogP contribution in [-0.2, 0) is 9.53 Å². The highest BCUT2D eigenvalue weighted by Gasteiger charge is 2.13. The Bertz CT molecular complexity index is 496. The largest absolute Gasteiger partial charge is 0.507 e. The minimum atomic E-state index is -0.171. The first-order valence-corrected chi connectivity index (χ1v) is 6.57. The Hall–Kier alpha value is -1.92. The molecule has 0 aromatic heterocycles. The molecule has 20 heavy (non-hydrogen) atoms. The van der Waals surface area contributed by atoms with Crippen LogP contribution in [0, 0.1) is 6.92 Å². The van der Waals surface area contributed by atoms with E-state index in [-0.39, 0.29) is 11.7 Å². The molecule has 6 heteroatoms. The lowest BCUT2D eigenvalue weighted by molar-refractivity contribution is -0.123. The second kappa shape index (κ2) is 7.02. The number of carbonyl (C=O) groups is 1. The fraction of sp³-hybridized carbons (Fsp3) is 0.429. The molecule has 1 heterocycles. The number of carbonyl (C=O) groups excluding carboxylic acids is 1. The van der Waals surface area contributed by atoms with Gasteiger partial charge in [0, 0.05) is 18.7 Å². The van der Waals surface area contributed by atoms with Gasteiger partial charge in [0.1, 0.15) is 5.75 Å². The number of aromatic hydroxyl groups is 1. The highest BCUT2D eigenvalue weighted by atomic mass is 16.5. The fourth-order valence-electron chi connectivity index (χ4n) is 1.96. The summed E-state index contributed by atoms with van der Waals surface area (Å²) in [6, 6.07) is 5.37. The van der Waals surface area contributed by atoms with E-state index in [1.165, 1.54) is 6.21 Å². The molecule has 0 spiro atoms. The molecule has 108 valence electrons. The van der Waals surface area contributed by atoms with Crippen LogP contribution in [0.4, 0.5) is 0 Å². The van der Waals surface area contributed by atoms with Gasteiger partial charge < -0.3 is 9.84 Å². The predicted molar refractivity (Wildman–Crippen MR) is 75.8 cm³/mol. The van der Waals surface area contributed by atoms with Gasteiger partial charge in [-0.15, -0.1) is 0 Å². The second-order valence-corrected chi connectivity index (χ2v) is 4.69. The Morgan fingerprint density at radius 1 is 1.50 bits per heavy atom. The van der Waals surface area contributed by atoms with Crippen LogP contribution in [0.15, 0.2) is 23.3 Å². The summed E-state index contributed by atoms with van der Waals surface area (Å²) in [5.74, 6) is 0.00831. The molecule has 0 unspecified atom stereocenters. The number of phenolic OH excluding ortho intramolecular Hbond substituents is 1. The molecular weight excluding hydrogens is 258 g/mol. The van der Waals surface area contributed by atoms with Crippen LogP contribution in [-0.4, -0.2) is 55.0 Å². The lowest BCUT2D eigenvalue weighted by atomic mass is 10.1.